The predicted octanol–water partition coefficient (Wildman–Crippen LogP) is 5.00. The fraction of sp³-hybridized carbons (Fsp3) is 0.391. The Labute approximate surface area is 161 Å². The third-order valence-corrected chi connectivity index (χ3v) is 5.62. The normalized spacial score (nSPS) is 19.4. The van der Waals surface area contributed by atoms with E-state index in [1.807, 2.05) is 63.2 Å². The van der Waals surface area contributed by atoms with Gasteiger partial charge in [0.25, 0.3) is 0 Å². The summed E-state index contributed by atoms with van der Waals surface area (Å²) >= 11 is 0. The van der Waals surface area contributed by atoms with Crippen molar-refractivity contribution in [1.82, 2.24) is 0 Å². The summed E-state index contributed by atoms with van der Waals surface area (Å²) in [6.45, 7) is 6.08. The molecule has 0 bridgehead atoms. The van der Waals surface area contributed by atoms with E-state index in [4.69, 9.17) is 0 Å². The zero-order chi connectivity index (χ0) is 19.4. The first-order valence-corrected chi connectivity index (χ1v) is 9.68. The average Bonchev–Trinajstić information content (AvgIpc) is 2.65. The number of nitrogens with one attached hydrogen (secondary N) is 2. The Morgan fingerprint density at radius 1 is 0.815 bits per heavy atom. The lowest BCUT2D eigenvalue weighted by Gasteiger charge is -2.27. The SMILES string of the molecule is Cc1cccc(NC(=O)C2CCC(C(=O)Nc3cccc(C)c3C)CC2)c1. The average molecular weight is 364 g/mol. The van der Waals surface area contributed by atoms with Crippen LogP contribution in [0.25, 0.3) is 0 Å². The van der Waals surface area contributed by atoms with Crippen molar-refractivity contribution in [1.29, 1.82) is 0 Å². The van der Waals surface area contributed by atoms with Gasteiger partial charge in [0.1, 0.15) is 0 Å². The van der Waals surface area contributed by atoms with E-state index in [1.54, 1.807) is 0 Å². The number of aryl methyl sites for hydroxylation is 2. The molecule has 1 aliphatic carbocycles. The molecule has 2 amide bonds. The Balaban J connectivity index is 1.53. The van der Waals surface area contributed by atoms with Crippen molar-refractivity contribution in [3.05, 3.63) is 59.2 Å². The Hall–Kier alpha value is -2.62. The van der Waals surface area contributed by atoms with E-state index in [0.29, 0.717) is 0 Å². The van der Waals surface area contributed by atoms with Gasteiger partial charge in [-0.15, -0.1) is 0 Å². The van der Waals surface area contributed by atoms with Gasteiger partial charge in [-0.25, -0.2) is 0 Å². The summed E-state index contributed by atoms with van der Waals surface area (Å²) < 4.78 is 0. The van der Waals surface area contributed by atoms with Crippen LogP contribution in [-0.2, 0) is 9.59 Å². The molecule has 0 aliphatic heterocycles. The highest BCUT2D eigenvalue weighted by atomic mass is 16.2. The number of amides is 2. The minimum absolute atomic E-state index is 0.0183. The van der Waals surface area contributed by atoms with Crippen molar-refractivity contribution >= 4 is 23.2 Å². The maximum Gasteiger partial charge on any atom is 0.227 e. The number of anilines is 2. The summed E-state index contributed by atoms with van der Waals surface area (Å²) in [7, 11) is 0. The molecule has 0 unspecified atom stereocenters. The highest BCUT2D eigenvalue weighted by molar-refractivity contribution is 5.95. The van der Waals surface area contributed by atoms with E-state index in [1.165, 1.54) is 5.56 Å². The van der Waals surface area contributed by atoms with Crippen LogP contribution in [-0.4, -0.2) is 11.8 Å². The van der Waals surface area contributed by atoms with Gasteiger partial charge < -0.3 is 10.6 Å². The third-order valence-electron chi connectivity index (χ3n) is 5.62. The molecule has 1 saturated carbocycles. The first-order chi connectivity index (χ1) is 12.9. The van der Waals surface area contributed by atoms with Crippen molar-refractivity contribution in [2.75, 3.05) is 10.6 Å². The Morgan fingerprint density at radius 2 is 1.41 bits per heavy atom. The molecule has 142 valence electrons. The molecular formula is C23H28N2O2. The Bertz CT molecular complexity index is 836. The molecule has 2 aromatic carbocycles. The summed E-state index contributed by atoms with van der Waals surface area (Å²) in [4.78, 5) is 25.1. The lowest BCUT2D eigenvalue weighted by atomic mass is 9.81. The first-order valence-electron chi connectivity index (χ1n) is 9.68. The van der Waals surface area contributed by atoms with Crippen molar-refractivity contribution < 1.29 is 9.59 Å². The summed E-state index contributed by atoms with van der Waals surface area (Å²) in [5.74, 6) is 0.0958. The van der Waals surface area contributed by atoms with Crippen molar-refractivity contribution in [3.63, 3.8) is 0 Å². The van der Waals surface area contributed by atoms with Gasteiger partial charge in [-0.05, 0) is 81.3 Å². The van der Waals surface area contributed by atoms with Crippen LogP contribution in [0.2, 0.25) is 0 Å². The van der Waals surface area contributed by atoms with Crippen LogP contribution in [0.1, 0.15) is 42.4 Å². The largest absolute Gasteiger partial charge is 0.326 e. The molecule has 1 fully saturated rings. The molecule has 4 heteroatoms. The van der Waals surface area contributed by atoms with Crippen LogP contribution < -0.4 is 10.6 Å². The number of carbonyl (C=O) groups excluding carboxylic acids is 2. The molecule has 4 nitrogen and oxygen atoms in total. The molecule has 2 N–H and O–H groups in total. The molecule has 0 radical (unpaired) electrons. The summed E-state index contributed by atoms with van der Waals surface area (Å²) in [5.41, 5.74) is 5.13. The summed E-state index contributed by atoms with van der Waals surface area (Å²) in [6, 6.07) is 13.8. The monoisotopic (exact) mass is 364 g/mol. The van der Waals surface area contributed by atoms with Gasteiger partial charge in [-0.1, -0.05) is 24.3 Å². The number of rotatable bonds is 4. The number of hydrogen-bond acceptors (Lipinski definition) is 2. The molecule has 0 atom stereocenters. The van der Waals surface area contributed by atoms with Crippen molar-refractivity contribution in [2.45, 2.75) is 46.5 Å². The Morgan fingerprint density at radius 3 is 2.04 bits per heavy atom. The van der Waals surface area contributed by atoms with Crippen molar-refractivity contribution in [3.8, 4) is 0 Å². The second-order valence-corrected chi connectivity index (χ2v) is 7.64. The van der Waals surface area contributed by atoms with Gasteiger partial charge in [-0.2, -0.15) is 0 Å². The van der Waals surface area contributed by atoms with Gasteiger partial charge in [0, 0.05) is 23.2 Å². The fourth-order valence-electron chi connectivity index (χ4n) is 3.71. The fourth-order valence-corrected chi connectivity index (χ4v) is 3.71. The second-order valence-electron chi connectivity index (χ2n) is 7.64. The Kier molecular flexibility index (Phi) is 5.94. The molecular weight excluding hydrogens is 336 g/mol. The van der Waals surface area contributed by atoms with E-state index in [2.05, 4.69) is 10.6 Å². The van der Waals surface area contributed by atoms with Crippen LogP contribution in [0.15, 0.2) is 42.5 Å². The molecule has 0 aromatic heterocycles. The molecule has 0 spiro atoms. The molecule has 2 aromatic rings. The van der Waals surface area contributed by atoms with E-state index < -0.39 is 0 Å². The maximum absolute atomic E-state index is 12.6. The van der Waals surface area contributed by atoms with Crippen LogP contribution >= 0.6 is 0 Å². The molecule has 0 heterocycles. The zero-order valence-electron chi connectivity index (χ0n) is 16.3. The minimum Gasteiger partial charge on any atom is -0.326 e. The van der Waals surface area contributed by atoms with Gasteiger partial charge in [-0.3, -0.25) is 9.59 Å². The molecule has 3 rings (SSSR count). The maximum atomic E-state index is 12.6. The van der Waals surface area contributed by atoms with E-state index in [9.17, 15) is 9.59 Å². The summed E-state index contributed by atoms with van der Waals surface area (Å²) in [6.07, 6.45) is 3.01. The molecule has 0 saturated heterocycles. The van der Waals surface area contributed by atoms with Gasteiger partial charge >= 0.3 is 0 Å². The lowest BCUT2D eigenvalue weighted by molar-refractivity contribution is -0.125. The van der Waals surface area contributed by atoms with Crippen LogP contribution in [0, 0.1) is 32.6 Å². The van der Waals surface area contributed by atoms with Crippen molar-refractivity contribution in [2.24, 2.45) is 11.8 Å². The highest BCUT2D eigenvalue weighted by Crippen LogP contribution is 2.31. The predicted molar refractivity (Wildman–Crippen MR) is 110 cm³/mol. The van der Waals surface area contributed by atoms with Crippen LogP contribution in [0.4, 0.5) is 11.4 Å². The number of benzene rings is 2. The van der Waals surface area contributed by atoms with E-state index in [-0.39, 0.29) is 23.7 Å². The zero-order valence-corrected chi connectivity index (χ0v) is 16.3. The summed E-state index contributed by atoms with van der Waals surface area (Å²) in [5, 5.41) is 6.08. The minimum atomic E-state index is -0.0204. The van der Waals surface area contributed by atoms with E-state index in [0.717, 1.165) is 48.2 Å². The molecule has 27 heavy (non-hydrogen) atoms. The smallest absolute Gasteiger partial charge is 0.227 e. The van der Waals surface area contributed by atoms with Gasteiger partial charge in [0.05, 0.1) is 0 Å². The van der Waals surface area contributed by atoms with Gasteiger partial charge in [0.2, 0.25) is 11.8 Å². The number of carbonyl (C=O) groups is 2. The second kappa shape index (κ2) is 8.38. The third kappa shape index (κ3) is 4.76. The van der Waals surface area contributed by atoms with Crippen LogP contribution in [0.5, 0.6) is 0 Å². The number of hydrogen-bond donors (Lipinski definition) is 2. The quantitative estimate of drug-likeness (QED) is 0.802. The van der Waals surface area contributed by atoms with Crippen LogP contribution in [0.3, 0.4) is 0 Å². The highest BCUT2D eigenvalue weighted by Gasteiger charge is 2.30. The van der Waals surface area contributed by atoms with Gasteiger partial charge in [0.15, 0.2) is 0 Å². The first kappa shape index (κ1) is 19.2. The molecule has 1 aliphatic rings. The topological polar surface area (TPSA) is 58.2 Å². The van der Waals surface area contributed by atoms with E-state index >= 15 is 0 Å². The standard InChI is InChI=1S/C23H28N2O2/c1-15-6-4-8-20(14-15)24-22(26)18-10-12-19(13-11-18)23(27)25-21-9-5-7-16(2)17(21)3/h4-9,14,18-19H,10-13H2,1-3H3,(H,24,26)(H,25,27). The lowest BCUT2D eigenvalue weighted by Crippen LogP contribution is -2.32.